The van der Waals surface area contributed by atoms with E-state index in [1.165, 1.54) is 4.90 Å². The maximum Gasteiger partial charge on any atom is 0.289 e. The number of benzene rings is 2. The lowest BCUT2D eigenvalue weighted by Gasteiger charge is -2.26. The summed E-state index contributed by atoms with van der Waals surface area (Å²) in [6.07, 6.45) is 2.24. The lowest BCUT2D eigenvalue weighted by molar-refractivity contribution is -0.141. The largest absolute Gasteiger partial charge is 0.351 e. The Kier molecular flexibility index (Phi) is 8.06. The highest BCUT2D eigenvalue weighted by Crippen LogP contribution is 2.35. The van der Waals surface area contributed by atoms with Crippen molar-refractivity contribution >= 4 is 40.2 Å². The Morgan fingerprint density at radius 2 is 1.78 bits per heavy atom. The number of fused-ring (bicyclic) bond motifs is 1. The minimum absolute atomic E-state index is 0.0411. The van der Waals surface area contributed by atoms with Crippen LogP contribution in [0.25, 0.3) is 10.9 Å². The number of ketones is 2. The van der Waals surface area contributed by atoms with Gasteiger partial charge in [-0.2, -0.15) is 0 Å². The number of nitrogens with one attached hydrogen (secondary N) is 3. The number of hydrogen-bond donors (Lipinski definition) is 3. The van der Waals surface area contributed by atoms with Crippen LogP contribution in [-0.2, 0) is 25.7 Å². The predicted molar refractivity (Wildman–Crippen MR) is 154 cm³/mol. The van der Waals surface area contributed by atoms with Crippen molar-refractivity contribution < 1.29 is 24.0 Å². The summed E-state index contributed by atoms with van der Waals surface area (Å²) in [5.74, 6) is -2.77. The SMILES string of the molecule is CC1(C)C[C@@H](C(=O)NC(C[C@@H]2CCCC2=O)C(=O)C(=O)NCc2ccccc2)N(C(=O)c2cc3ccccc3[nH]2)C1. The maximum absolute atomic E-state index is 13.7. The summed E-state index contributed by atoms with van der Waals surface area (Å²) in [4.78, 5) is 70.7. The average Bonchev–Trinajstić information content (AvgIpc) is 3.67. The maximum atomic E-state index is 13.7. The highest BCUT2D eigenvalue weighted by atomic mass is 16.2. The second kappa shape index (κ2) is 11.7. The molecule has 9 heteroatoms. The fraction of sp³-hybridized carbons (Fsp3) is 0.406. The first-order chi connectivity index (χ1) is 19.6. The molecule has 1 unspecified atom stereocenters. The fourth-order valence-corrected chi connectivity index (χ4v) is 6.00. The Bertz CT molecular complexity index is 1440. The molecule has 41 heavy (non-hydrogen) atoms. The fourth-order valence-electron chi connectivity index (χ4n) is 6.00. The number of aromatic nitrogens is 1. The zero-order chi connectivity index (χ0) is 29.1. The number of Topliss-reactive ketones (excluding diaryl/α,β-unsaturated/α-hetero) is 2. The Morgan fingerprint density at radius 3 is 2.49 bits per heavy atom. The van der Waals surface area contributed by atoms with E-state index in [9.17, 15) is 24.0 Å². The monoisotopic (exact) mass is 556 g/mol. The van der Waals surface area contributed by atoms with Crippen molar-refractivity contribution in [2.45, 2.75) is 64.6 Å². The number of hydrogen-bond acceptors (Lipinski definition) is 5. The third kappa shape index (κ3) is 6.39. The van der Waals surface area contributed by atoms with E-state index in [2.05, 4.69) is 15.6 Å². The van der Waals surface area contributed by atoms with E-state index in [1.54, 1.807) is 6.07 Å². The summed E-state index contributed by atoms with van der Waals surface area (Å²) in [6, 6.07) is 16.5. The molecule has 2 fully saturated rings. The van der Waals surface area contributed by atoms with E-state index >= 15 is 0 Å². The lowest BCUT2D eigenvalue weighted by atomic mass is 9.90. The number of carbonyl (C=O) groups is 5. The van der Waals surface area contributed by atoms with Crippen molar-refractivity contribution in [1.29, 1.82) is 0 Å². The van der Waals surface area contributed by atoms with Crippen LogP contribution in [0.4, 0.5) is 0 Å². The van der Waals surface area contributed by atoms with Gasteiger partial charge < -0.3 is 20.5 Å². The first kappa shape index (κ1) is 28.3. The van der Waals surface area contributed by atoms with Crippen LogP contribution in [0.2, 0.25) is 0 Å². The minimum atomic E-state index is -1.17. The van der Waals surface area contributed by atoms with Crippen LogP contribution >= 0.6 is 0 Å². The third-order valence-corrected chi connectivity index (χ3v) is 8.15. The van der Waals surface area contributed by atoms with Crippen LogP contribution in [0.5, 0.6) is 0 Å². The number of nitrogens with zero attached hydrogens (tertiary/aromatic N) is 1. The van der Waals surface area contributed by atoms with Gasteiger partial charge in [-0.3, -0.25) is 24.0 Å². The standard InChI is InChI=1S/C32H36N4O5/c1-32(2)17-26(36(19-32)31(41)25-15-21-11-6-7-13-23(21)34-25)29(39)35-24(16-22-12-8-14-27(22)37)28(38)30(40)33-18-20-9-4-3-5-10-20/h3-7,9-11,13,15,22,24,26,34H,8,12,14,16-19H2,1-2H3,(H,33,40)(H,35,39)/t22-,24?,26-/m0/s1. The molecule has 3 amide bonds. The number of carbonyl (C=O) groups excluding carboxylic acids is 5. The second-order valence-electron chi connectivity index (χ2n) is 12.0. The molecule has 1 aromatic heterocycles. The van der Waals surface area contributed by atoms with E-state index in [0.717, 1.165) is 22.9 Å². The van der Waals surface area contributed by atoms with E-state index in [-0.39, 0.29) is 30.1 Å². The molecule has 9 nitrogen and oxygen atoms in total. The quantitative estimate of drug-likeness (QED) is 0.348. The predicted octanol–water partition coefficient (Wildman–Crippen LogP) is 3.54. The van der Waals surface area contributed by atoms with E-state index in [1.807, 2.05) is 68.4 Å². The molecule has 2 aliphatic rings. The molecule has 3 N–H and O–H groups in total. The van der Waals surface area contributed by atoms with Crippen molar-refractivity contribution in [3.8, 4) is 0 Å². The summed E-state index contributed by atoms with van der Waals surface area (Å²) in [7, 11) is 0. The van der Waals surface area contributed by atoms with Crippen molar-refractivity contribution in [2.75, 3.05) is 6.54 Å². The second-order valence-corrected chi connectivity index (χ2v) is 12.0. The molecule has 0 spiro atoms. The van der Waals surface area contributed by atoms with Gasteiger partial charge in [-0.1, -0.05) is 62.4 Å². The van der Waals surface area contributed by atoms with Crippen LogP contribution in [0, 0.1) is 11.3 Å². The molecule has 1 aliphatic heterocycles. The summed E-state index contributed by atoms with van der Waals surface area (Å²) in [5.41, 5.74) is 1.70. The minimum Gasteiger partial charge on any atom is -0.351 e. The zero-order valence-electron chi connectivity index (χ0n) is 23.4. The molecule has 5 rings (SSSR count). The molecular weight excluding hydrogens is 520 g/mol. The highest BCUT2D eigenvalue weighted by Gasteiger charge is 2.45. The zero-order valence-corrected chi connectivity index (χ0v) is 23.4. The number of aromatic amines is 1. The molecule has 0 bridgehead atoms. The number of likely N-dealkylation sites (tertiary alicyclic amines) is 1. The summed E-state index contributed by atoms with van der Waals surface area (Å²) in [5, 5.41) is 6.31. The summed E-state index contributed by atoms with van der Waals surface area (Å²) in [6.45, 7) is 4.50. The Labute approximate surface area is 239 Å². The van der Waals surface area contributed by atoms with E-state index < -0.39 is 35.6 Å². The Hall–Kier alpha value is -4.27. The molecule has 1 saturated carbocycles. The average molecular weight is 557 g/mol. The van der Waals surface area contributed by atoms with E-state index in [0.29, 0.717) is 31.5 Å². The van der Waals surface area contributed by atoms with Crippen molar-refractivity contribution in [3.05, 3.63) is 71.9 Å². The van der Waals surface area contributed by atoms with Crippen LogP contribution < -0.4 is 10.6 Å². The normalized spacial score (nSPS) is 20.6. The number of rotatable bonds is 9. The number of amides is 3. The van der Waals surface area contributed by atoms with Crippen LogP contribution in [0.1, 0.15) is 62.0 Å². The van der Waals surface area contributed by atoms with Gasteiger partial charge in [-0.15, -0.1) is 0 Å². The van der Waals surface area contributed by atoms with Gasteiger partial charge in [0.15, 0.2) is 0 Å². The van der Waals surface area contributed by atoms with Gasteiger partial charge in [0.25, 0.3) is 11.8 Å². The molecule has 1 aliphatic carbocycles. The van der Waals surface area contributed by atoms with E-state index in [4.69, 9.17) is 0 Å². The van der Waals surface area contributed by atoms with Crippen LogP contribution in [-0.4, -0.2) is 57.8 Å². The first-order valence-electron chi connectivity index (χ1n) is 14.2. The number of H-pyrrole nitrogens is 1. The number of para-hydroxylation sites is 1. The van der Waals surface area contributed by atoms with Gasteiger partial charge in [0.1, 0.15) is 17.5 Å². The van der Waals surface area contributed by atoms with Gasteiger partial charge in [0.05, 0.1) is 6.04 Å². The van der Waals surface area contributed by atoms with Crippen molar-refractivity contribution in [2.24, 2.45) is 11.3 Å². The van der Waals surface area contributed by atoms with Crippen LogP contribution in [0.15, 0.2) is 60.7 Å². The molecule has 2 aromatic carbocycles. The Balaban J connectivity index is 1.33. The molecule has 214 valence electrons. The molecular formula is C32H36N4O5. The molecule has 2 heterocycles. The molecule has 0 radical (unpaired) electrons. The molecule has 3 atom stereocenters. The van der Waals surface area contributed by atoms with Crippen molar-refractivity contribution in [1.82, 2.24) is 20.5 Å². The smallest absolute Gasteiger partial charge is 0.289 e. The molecule has 3 aromatic rings. The van der Waals surface area contributed by atoms with Gasteiger partial charge in [-0.05, 0) is 48.8 Å². The third-order valence-electron chi connectivity index (χ3n) is 8.15. The summed E-state index contributed by atoms with van der Waals surface area (Å²) < 4.78 is 0. The van der Waals surface area contributed by atoms with Crippen LogP contribution in [0.3, 0.4) is 0 Å². The molecule has 1 saturated heterocycles. The lowest BCUT2D eigenvalue weighted by Crippen LogP contribution is -2.54. The van der Waals surface area contributed by atoms with Gasteiger partial charge in [-0.25, -0.2) is 0 Å². The van der Waals surface area contributed by atoms with Gasteiger partial charge in [0.2, 0.25) is 11.7 Å². The first-order valence-corrected chi connectivity index (χ1v) is 14.2. The summed E-state index contributed by atoms with van der Waals surface area (Å²) >= 11 is 0. The topological polar surface area (TPSA) is 128 Å². The van der Waals surface area contributed by atoms with Crippen molar-refractivity contribution in [3.63, 3.8) is 0 Å². The van der Waals surface area contributed by atoms with Gasteiger partial charge >= 0.3 is 0 Å². The van der Waals surface area contributed by atoms with Gasteiger partial charge in [0, 0.05) is 36.3 Å². The Morgan fingerprint density at radius 1 is 1.05 bits per heavy atom. The highest BCUT2D eigenvalue weighted by molar-refractivity contribution is 6.38.